The van der Waals surface area contributed by atoms with Crippen LogP contribution in [-0.2, 0) is 0 Å². The third-order valence-corrected chi connectivity index (χ3v) is 3.99. The highest BCUT2D eigenvalue weighted by molar-refractivity contribution is 7.99. The predicted molar refractivity (Wildman–Crippen MR) is 78.5 cm³/mol. The van der Waals surface area contributed by atoms with E-state index < -0.39 is 5.60 Å². The molecule has 0 fully saturated rings. The summed E-state index contributed by atoms with van der Waals surface area (Å²) in [5.41, 5.74) is -0.232. The lowest BCUT2D eigenvalue weighted by atomic mass is 9.97. The standard InChI is InChI=1S/C14H22N2O2S/c1-4-14(18,5-2)10-16-13(17)11-7-8-15-12(9-11)19-6-3/h7-9,18H,4-6,10H2,1-3H3,(H,16,17). The van der Waals surface area contributed by atoms with E-state index in [0.717, 1.165) is 10.8 Å². The summed E-state index contributed by atoms with van der Waals surface area (Å²) in [6, 6.07) is 3.46. The number of rotatable bonds is 7. The Morgan fingerprint density at radius 3 is 2.68 bits per heavy atom. The van der Waals surface area contributed by atoms with Gasteiger partial charge in [-0.25, -0.2) is 4.98 Å². The summed E-state index contributed by atoms with van der Waals surface area (Å²) in [7, 11) is 0. The number of nitrogens with one attached hydrogen (secondary N) is 1. The zero-order valence-electron chi connectivity index (χ0n) is 11.8. The van der Waals surface area contributed by atoms with Crippen LogP contribution in [0.2, 0.25) is 0 Å². The second-order valence-corrected chi connectivity index (χ2v) is 5.71. The zero-order valence-corrected chi connectivity index (χ0v) is 12.6. The molecular formula is C14H22N2O2S. The predicted octanol–water partition coefficient (Wildman–Crippen LogP) is 2.47. The maximum Gasteiger partial charge on any atom is 0.251 e. The van der Waals surface area contributed by atoms with Crippen LogP contribution < -0.4 is 5.32 Å². The Labute approximate surface area is 119 Å². The van der Waals surface area contributed by atoms with Gasteiger partial charge in [0.25, 0.3) is 5.91 Å². The van der Waals surface area contributed by atoms with Crippen molar-refractivity contribution >= 4 is 17.7 Å². The summed E-state index contributed by atoms with van der Waals surface area (Å²) >= 11 is 1.60. The molecule has 1 heterocycles. The number of nitrogens with zero attached hydrogens (tertiary/aromatic N) is 1. The zero-order chi connectivity index (χ0) is 14.3. The Bertz CT molecular complexity index is 420. The van der Waals surface area contributed by atoms with E-state index in [0.29, 0.717) is 18.4 Å². The molecule has 1 rings (SSSR count). The van der Waals surface area contributed by atoms with E-state index in [1.807, 2.05) is 20.8 Å². The van der Waals surface area contributed by atoms with E-state index in [9.17, 15) is 9.90 Å². The van der Waals surface area contributed by atoms with Gasteiger partial charge in [-0.2, -0.15) is 0 Å². The first-order valence-electron chi connectivity index (χ1n) is 6.64. The molecule has 0 aromatic carbocycles. The fourth-order valence-corrected chi connectivity index (χ4v) is 2.27. The number of aromatic nitrogens is 1. The monoisotopic (exact) mass is 282 g/mol. The van der Waals surface area contributed by atoms with E-state index in [1.165, 1.54) is 0 Å². The van der Waals surface area contributed by atoms with Crippen molar-refractivity contribution in [1.82, 2.24) is 10.3 Å². The van der Waals surface area contributed by atoms with Crippen LogP contribution in [0.5, 0.6) is 0 Å². The highest BCUT2D eigenvalue weighted by atomic mass is 32.2. The fraction of sp³-hybridized carbons (Fsp3) is 0.571. The molecule has 2 N–H and O–H groups in total. The number of amides is 1. The van der Waals surface area contributed by atoms with Gasteiger partial charge in [0.05, 0.1) is 10.6 Å². The molecule has 0 aliphatic rings. The first-order valence-corrected chi connectivity index (χ1v) is 7.62. The van der Waals surface area contributed by atoms with E-state index in [1.54, 1.807) is 30.1 Å². The van der Waals surface area contributed by atoms with Gasteiger partial charge < -0.3 is 10.4 Å². The molecule has 0 saturated heterocycles. The van der Waals surface area contributed by atoms with Crippen LogP contribution in [0.1, 0.15) is 44.0 Å². The van der Waals surface area contributed by atoms with Gasteiger partial charge in [-0.1, -0.05) is 20.8 Å². The van der Waals surface area contributed by atoms with Crippen LogP contribution in [0.25, 0.3) is 0 Å². The second-order valence-electron chi connectivity index (χ2n) is 4.43. The Morgan fingerprint density at radius 2 is 2.11 bits per heavy atom. The molecule has 4 nitrogen and oxygen atoms in total. The number of aliphatic hydroxyl groups is 1. The lowest BCUT2D eigenvalue weighted by Crippen LogP contribution is -2.42. The molecule has 106 valence electrons. The van der Waals surface area contributed by atoms with Gasteiger partial charge in [0, 0.05) is 18.3 Å². The van der Waals surface area contributed by atoms with Gasteiger partial charge in [-0.3, -0.25) is 4.79 Å². The minimum Gasteiger partial charge on any atom is -0.388 e. The Morgan fingerprint density at radius 1 is 1.42 bits per heavy atom. The quantitative estimate of drug-likeness (QED) is 0.754. The molecule has 19 heavy (non-hydrogen) atoms. The van der Waals surface area contributed by atoms with Gasteiger partial charge in [-0.15, -0.1) is 11.8 Å². The highest BCUT2D eigenvalue weighted by Gasteiger charge is 2.23. The Balaban J connectivity index is 2.65. The van der Waals surface area contributed by atoms with Crippen molar-refractivity contribution in [3.63, 3.8) is 0 Å². The normalized spacial score (nSPS) is 11.4. The number of pyridine rings is 1. The largest absolute Gasteiger partial charge is 0.388 e. The smallest absolute Gasteiger partial charge is 0.251 e. The minimum atomic E-state index is -0.816. The van der Waals surface area contributed by atoms with E-state index in [2.05, 4.69) is 10.3 Å². The molecular weight excluding hydrogens is 260 g/mol. The van der Waals surface area contributed by atoms with Crippen molar-refractivity contribution in [3.8, 4) is 0 Å². The maximum absolute atomic E-state index is 12.0. The van der Waals surface area contributed by atoms with Crippen LogP contribution >= 0.6 is 11.8 Å². The maximum atomic E-state index is 12.0. The van der Waals surface area contributed by atoms with Crippen LogP contribution in [0.4, 0.5) is 0 Å². The molecule has 1 amide bonds. The van der Waals surface area contributed by atoms with E-state index >= 15 is 0 Å². The summed E-state index contributed by atoms with van der Waals surface area (Å²) in [6.45, 7) is 6.15. The fourth-order valence-electron chi connectivity index (χ4n) is 1.62. The molecule has 0 unspecified atom stereocenters. The van der Waals surface area contributed by atoms with Gasteiger partial charge in [0.2, 0.25) is 0 Å². The van der Waals surface area contributed by atoms with E-state index in [-0.39, 0.29) is 12.5 Å². The molecule has 0 saturated carbocycles. The average Bonchev–Trinajstić information content (AvgIpc) is 2.45. The number of hydrogen-bond donors (Lipinski definition) is 2. The van der Waals surface area contributed by atoms with Crippen LogP contribution in [0.3, 0.4) is 0 Å². The first-order chi connectivity index (χ1) is 9.04. The van der Waals surface area contributed by atoms with Crippen molar-refractivity contribution in [3.05, 3.63) is 23.9 Å². The third-order valence-electron chi connectivity index (χ3n) is 3.18. The van der Waals surface area contributed by atoms with Gasteiger partial charge in [0.15, 0.2) is 0 Å². The van der Waals surface area contributed by atoms with E-state index in [4.69, 9.17) is 0 Å². The molecule has 0 aliphatic heterocycles. The molecule has 0 radical (unpaired) electrons. The summed E-state index contributed by atoms with van der Waals surface area (Å²) < 4.78 is 0. The average molecular weight is 282 g/mol. The van der Waals surface area contributed by atoms with Crippen LogP contribution in [-0.4, -0.2) is 33.9 Å². The SMILES string of the molecule is CCSc1cc(C(=O)NCC(O)(CC)CC)ccn1. The Kier molecular flexibility index (Phi) is 6.31. The number of carbonyl (C=O) groups excluding carboxylic acids is 1. The third kappa shape index (κ3) is 4.84. The van der Waals surface area contributed by atoms with Crippen molar-refractivity contribution in [1.29, 1.82) is 0 Å². The van der Waals surface area contributed by atoms with Gasteiger partial charge in [-0.05, 0) is 30.7 Å². The molecule has 0 atom stereocenters. The molecule has 0 bridgehead atoms. The van der Waals surface area contributed by atoms with Crippen molar-refractivity contribution in [2.24, 2.45) is 0 Å². The Hall–Kier alpha value is -1.07. The summed E-state index contributed by atoms with van der Waals surface area (Å²) in [6.07, 6.45) is 2.88. The van der Waals surface area contributed by atoms with Crippen molar-refractivity contribution < 1.29 is 9.90 Å². The summed E-state index contributed by atoms with van der Waals surface area (Å²) in [5, 5.41) is 13.8. The molecule has 0 aliphatic carbocycles. The lowest BCUT2D eigenvalue weighted by molar-refractivity contribution is 0.0314. The number of thioether (sulfide) groups is 1. The van der Waals surface area contributed by atoms with Gasteiger partial charge >= 0.3 is 0 Å². The molecule has 0 spiro atoms. The van der Waals surface area contributed by atoms with Crippen LogP contribution in [0.15, 0.2) is 23.4 Å². The number of carbonyl (C=O) groups is 1. The molecule has 1 aromatic heterocycles. The lowest BCUT2D eigenvalue weighted by Gasteiger charge is -2.25. The number of hydrogen-bond acceptors (Lipinski definition) is 4. The summed E-state index contributed by atoms with van der Waals surface area (Å²) in [4.78, 5) is 16.2. The van der Waals surface area contributed by atoms with Crippen molar-refractivity contribution in [2.45, 2.75) is 44.2 Å². The van der Waals surface area contributed by atoms with Crippen molar-refractivity contribution in [2.75, 3.05) is 12.3 Å². The topological polar surface area (TPSA) is 62.2 Å². The van der Waals surface area contributed by atoms with Gasteiger partial charge in [0.1, 0.15) is 0 Å². The minimum absolute atomic E-state index is 0.166. The van der Waals surface area contributed by atoms with Crippen LogP contribution in [0, 0.1) is 0 Å². The summed E-state index contributed by atoms with van der Waals surface area (Å²) in [5.74, 6) is 0.754. The second kappa shape index (κ2) is 7.50. The highest BCUT2D eigenvalue weighted by Crippen LogP contribution is 2.16. The molecule has 5 heteroatoms. The first kappa shape index (κ1) is 16.0. The molecule has 1 aromatic rings.